The number of likely N-dealkylation sites (N-methyl/N-ethyl adjacent to an activating group) is 1. The molecule has 0 bridgehead atoms. The smallest absolute Gasteiger partial charge is 0.262 e. The zero-order chi connectivity index (χ0) is 25.4. The molecule has 0 aromatic carbocycles. The van der Waals surface area contributed by atoms with Crippen LogP contribution in [0.1, 0.15) is 30.8 Å². The van der Waals surface area contributed by atoms with Crippen LogP contribution in [0.15, 0.2) is 47.2 Å². The van der Waals surface area contributed by atoms with E-state index < -0.39 is 11.5 Å². The number of anilines is 1. The number of hydrogen-bond acceptors (Lipinski definition) is 10. The first kappa shape index (κ1) is 23.4. The number of amides is 1. The summed E-state index contributed by atoms with van der Waals surface area (Å²) in [6, 6.07) is 8.53. The molecule has 5 heterocycles. The fraction of sp³-hybridized carbons (Fsp3) is 0.333. The first-order chi connectivity index (χ1) is 17.3. The van der Waals surface area contributed by atoms with Crippen LogP contribution in [0, 0.1) is 0 Å². The lowest BCUT2D eigenvalue weighted by Gasteiger charge is -2.16. The maximum Gasteiger partial charge on any atom is 0.262 e. The summed E-state index contributed by atoms with van der Waals surface area (Å²) in [5, 5.41) is 22.6. The van der Waals surface area contributed by atoms with Gasteiger partial charge in [0.05, 0.1) is 36.4 Å². The Morgan fingerprint density at radius 3 is 2.64 bits per heavy atom. The molecule has 5 rings (SSSR count). The largest absolute Gasteiger partial charge is 0.493 e. The molecule has 2 unspecified atom stereocenters. The van der Waals surface area contributed by atoms with Gasteiger partial charge in [-0.2, -0.15) is 5.10 Å². The van der Waals surface area contributed by atoms with Crippen molar-refractivity contribution >= 4 is 11.9 Å². The van der Waals surface area contributed by atoms with Crippen LogP contribution in [0.5, 0.6) is 5.75 Å². The van der Waals surface area contributed by atoms with Crippen LogP contribution in [0.4, 0.5) is 5.95 Å². The van der Waals surface area contributed by atoms with E-state index in [4.69, 9.17) is 9.26 Å². The standard InChI is InChI=1S/C24H26N8O4/c1-14(21-19(35-4)13-32(3)29-21)26-23-25-10-8-17(28-23)15-6-5-7-16(27-15)18-12-20(36-30-18)24(34)9-11-31(2)22(24)33/h5-8,10,12-14,34H,9,11H2,1-4H3,(H,25,26,28). The van der Waals surface area contributed by atoms with E-state index in [0.29, 0.717) is 41.0 Å². The van der Waals surface area contributed by atoms with E-state index in [-0.39, 0.29) is 18.2 Å². The molecule has 1 fully saturated rings. The van der Waals surface area contributed by atoms with Gasteiger partial charge in [-0.05, 0) is 25.1 Å². The highest BCUT2D eigenvalue weighted by molar-refractivity contribution is 5.87. The minimum atomic E-state index is -1.71. The van der Waals surface area contributed by atoms with E-state index >= 15 is 0 Å². The Morgan fingerprint density at radius 2 is 1.92 bits per heavy atom. The van der Waals surface area contributed by atoms with Crippen molar-refractivity contribution in [1.29, 1.82) is 0 Å². The Labute approximate surface area is 206 Å². The molecule has 0 aliphatic carbocycles. The van der Waals surface area contributed by atoms with E-state index in [1.54, 1.807) is 49.4 Å². The second kappa shape index (κ2) is 9.04. The Kier molecular flexibility index (Phi) is 5.88. The van der Waals surface area contributed by atoms with E-state index in [9.17, 15) is 9.90 Å². The molecule has 4 aromatic rings. The fourth-order valence-corrected chi connectivity index (χ4v) is 4.17. The van der Waals surface area contributed by atoms with Gasteiger partial charge in [0, 0.05) is 39.3 Å². The molecule has 0 spiro atoms. The average Bonchev–Trinajstić information content (AvgIpc) is 3.60. The molecule has 186 valence electrons. The summed E-state index contributed by atoms with van der Waals surface area (Å²) in [6.07, 6.45) is 3.69. The van der Waals surface area contributed by atoms with Crippen LogP contribution >= 0.6 is 0 Å². The van der Waals surface area contributed by atoms with Crippen molar-refractivity contribution < 1.29 is 19.2 Å². The van der Waals surface area contributed by atoms with Crippen molar-refractivity contribution in [2.24, 2.45) is 7.05 Å². The molecule has 2 N–H and O–H groups in total. The van der Waals surface area contributed by atoms with E-state index in [2.05, 4.69) is 30.5 Å². The molecular formula is C24H26N8O4. The summed E-state index contributed by atoms with van der Waals surface area (Å²) >= 11 is 0. The van der Waals surface area contributed by atoms with Gasteiger partial charge >= 0.3 is 0 Å². The summed E-state index contributed by atoms with van der Waals surface area (Å²) in [7, 11) is 5.07. The molecule has 12 heteroatoms. The number of hydrogen-bond donors (Lipinski definition) is 2. The lowest BCUT2D eigenvalue weighted by molar-refractivity contribution is -0.144. The first-order valence-electron chi connectivity index (χ1n) is 11.4. The summed E-state index contributed by atoms with van der Waals surface area (Å²) < 4.78 is 12.4. The van der Waals surface area contributed by atoms with Gasteiger partial charge in [0.15, 0.2) is 11.5 Å². The second-order valence-corrected chi connectivity index (χ2v) is 8.71. The Morgan fingerprint density at radius 1 is 1.17 bits per heavy atom. The number of carbonyl (C=O) groups is 1. The van der Waals surface area contributed by atoms with Crippen molar-refractivity contribution in [2.45, 2.75) is 25.0 Å². The molecule has 1 saturated heterocycles. The Bertz CT molecular complexity index is 1420. The maximum absolute atomic E-state index is 12.4. The Hall–Kier alpha value is -4.32. The van der Waals surface area contributed by atoms with Crippen LogP contribution in [-0.4, -0.2) is 66.5 Å². The van der Waals surface area contributed by atoms with E-state index in [0.717, 1.165) is 5.69 Å². The van der Waals surface area contributed by atoms with Gasteiger partial charge in [-0.1, -0.05) is 11.2 Å². The minimum absolute atomic E-state index is 0.103. The number of likely N-dealkylation sites (tertiary alicyclic amines) is 1. The number of aliphatic hydroxyl groups is 1. The van der Waals surface area contributed by atoms with Crippen LogP contribution in [-0.2, 0) is 17.4 Å². The third-order valence-electron chi connectivity index (χ3n) is 6.15. The van der Waals surface area contributed by atoms with Crippen LogP contribution < -0.4 is 10.1 Å². The summed E-state index contributed by atoms with van der Waals surface area (Å²) in [4.78, 5) is 27.5. The van der Waals surface area contributed by atoms with Crippen molar-refractivity contribution in [3.05, 3.63) is 54.2 Å². The SMILES string of the molecule is COc1cn(C)nc1C(C)Nc1nccc(-c2cccc(-c3cc(C4(O)CCN(C)C4=O)on3)n2)n1. The predicted octanol–water partition coefficient (Wildman–Crippen LogP) is 2.16. The van der Waals surface area contributed by atoms with Crippen molar-refractivity contribution in [3.8, 4) is 28.5 Å². The molecule has 2 atom stereocenters. The molecule has 1 amide bonds. The number of aryl methyl sites for hydroxylation is 1. The highest BCUT2D eigenvalue weighted by atomic mass is 16.5. The molecule has 12 nitrogen and oxygen atoms in total. The van der Waals surface area contributed by atoms with Crippen molar-refractivity contribution in [2.75, 3.05) is 26.0 Å². The zero-order valence-corrected chi connectivity index (χ0v) is 20.3. The molecule has 0 radical (unpaired) electrons. The average molecular weight is 491 g/mol. The van der Waals surface area contributed by atoms with Gasteiger partial charge in [0.25, 0.3) is 5.91 Å². The topological polar surface area (TPSA) is 144 Å². The number of methoxy groups -OCH3 is 1. The van der Waals surface area contributed by atoms with Crippen LogP contribution in [0.25, 0.3) is 22.8 Å². The third-order valence-corrected chi connectivity index (χ3v) is 6.15. The third kappa shape index (κ3) is 4.15. The molecule has 4 aromatic heterocycles. The van der Waals surface area contributed by atoms with Crippen LogP contribution in [0.3, 0.4) is 0 Å². The maximum atomic E-state index is 12.4. The van der Waals surface area contributed by atoms with Crippen molar-refractivity contribution in [1.82, 2.24) is 34.8 Å². The number of pyridine rings is 1. The van der Waals surface area contributed by atoms with Gasteiger partial charge in [-0.3, -0.25) is 9.48 Å². The molecular weight excluding hydrogens is 464 g/mol. The molecule has 36 heavy (non-hydrogen) atoms. The predicted molar refractivity (Wildman–Crippen MR) is 129 cm³/mol. The summed E-state index contributed by atoms with van der Waals surface area (Å²) in [5.74, 6) is 0.775. The van der Waals surface area contributed by atoms with Crippen LogP contribution in [0.2, 0.25) is 0 Å². The first-order valence-corrected chi connectivity index (χ1v) is 11.4. The minimum Gasteiger partial charge on any atom is -0.493 e. The van der Waals surface area contributed by atoms with Gasteiger partial charge in [0.1, 0.15) is 11.4 Å². The van der Waals surface area contributed by atoms with E-state index in [1.807, 2.05) is 26.1 Å². The Balaban J connectivity index is 1.38. The van der Waals surface area contributed by atoms with Gasteiger partial charge in [-0.15, -0.1) is 0 Å². The molecule has 1 aliphatic heterocycles. The monoisotopic (exact) mass is 490 g/mol. The second-order valence-electron chi connectivity index (χ2n) is 8.71. The van der Waals surface area contributed by atoms with Crippen molar-refractivity contribution in [3.63, 3.8) is 0 Å². The number of rotatable bonds is 7. The van der Waals surface area contributed by atoms with E-state index in [1.165, 1.54) is 4.90 Å². The quantitative estimate of drug-likeness (QED) is 0.395. The number of ether oxygens (including phenoxy) is 1. The van der Waals surface area contributed by atoms with Gasteiger partial charge in [0.2, 0.25) is 11.5 Å². The number of aromatic nitrogens is 6. The van der Waals surface area contributed by atoms with Gasteiger partial charge < -0.3 is 24.6 Å². The molecule has 1 aliphatic rings. The lowest BCUT2D eigenvalue weighted by atomic mass is 9.98. The summed E-state index contributed by atoms with van der Waals surface area (Å²) in [5.41, 5.74) is 1.16. The zero-order valence-electron chi connectivity index (χ0n) is 20.3. The lowest BCUT2D eigenvalue weighted by Crippen LogP contribution is -2.35. The summed E-state index contributed by atoms with van der Waals surface area (Å²) in [6.45, 7) is 2.39. The van der Waals surface area contributed by atoms with Gasteiger partial charge in [-0.25, -0.2) is 15.0 Å². The number of carbonyl (C=O) groups excluding carboxylic acids is 1. The number of nitrogens with zero attached hydrogens (tertiary/aromatic N) is 7. The highest BCUT2D eigenvalue weighted by Gasteiger charge is 2.48. The highest BCUT2D eigenvalue weighted by Crippen LogP contribution is 2.34. The number of nitrogens with one attached hydrogen (secondary N) is 1. The molecule has 0 saturated carbocycles. The normalized spacial score (nSPS) is 18.5. The fourth-order valence-electron chi connectivity index (χ4n) is 4.17.